The van der Waals surface area contributed by atoms with Crippen LogP contribution in [0.4, 0.5) is 34.1 Å². The van der Waals surface area contributed by atoms with Crippen molar-refractivity contribution in [3.63, 3.8) is 0 Å². The first-order chi connectivity index (χ1) is 12.7. The Hall–Kier alpha value is -3.66. The van der Waals surface area contributed by atoms with Crippen molar-refractivity contribution >= 4 is 44.9 Å². The molecule has 0 aromatic heterocycles. The molecule has 0 aliphatic rings. The third-order valence-corrected chi connectivity index (χ3v) is 4.28. The molecule has 0 aliphatic heterocycles. The summed E-state index contributed by atoms with van der Waals surface area (Å²) in [7, 11) is 0. The molecule has 4 heteroatoms. The van der Waals surface area contributed by atoms with E-state index in [9.17, 15) is 0 Å². The fourth-order valence-electron chi connectivity index (χ4n) is 2.96. The average Bonchev–Trinajstić information content (AvgIpc) is 2.65. The van der Waals surface area contributed by atoms with Gasteiger partial charge in [0.2, 0.25) is 0 Å². The lowest BCUT2D eigenvalue weighted by Gasteiger charge is -2.14. The fraction of sp³-hybridized carbons (Fsp3) is 0. The number of benzene rings is 4. The van der Waals surface area contributed by atoms with E-state index in [0.717, 1.165) is 33.5 Å². The van der Waals surface area contributed by atoms with Crippen molar-refractivity contribution in [3.8, 4) is 0 Å². The molecular weight excluding hydrogens is 320 g/mol. The van der Waals surface area contributed by atoms with Gasteiger partial charge in [0.05, 0.1) is 22.7 Å². The predicted octanol–water partition coefficient (Wildman–Crippen LogP) is 5.49. The summed E-state index contributed by atoms with van der Waals surface area (Å²) in [5, 5.41) is 8.81. The van der Waals surface area contributed by atoms with Gasteiger partial charge in [0.15, 0.2) is 0 Å². The predicted molar refractivity (Wildman–Crippen MR) is 112 cm³/mol. The van der Waals surface area contributed by atoms with Gasteiger partial charge in [-0.05, 0) is 59.3 Å². The average molecular weight is 340 g/mol. The lowest BCUT2D eigenvalue weighted by Crippen LogP contribution is -1.99. The molecule has 26 heavy (non-hydrogen) atoms. The van der Waals surface area contributed by atoms with Crippen molar-refractivity contribution in [2.24, 2.45) is 0 Å². The molecule has 0 saturated carbocycles. The van der Waals surface area contributed by atoms with Crippen LogP contribution in [0.25, 0.3) is 10.8 Å². The van der Waals surface area contributed by atoms with Gasteiger partial charge in [-0.3, -0.25) is 0 Å². The van der Waals surface area contributed by atoms with Crippen LogP contribution in [0.15, 0.2) is 84.9 Å². The van der Waals surface area contributed by atoms with Crippen LogP contribution >= 0.6 is 0 Å². The molecule has 0 spiro atoms. The maximum absolute atomic E-state index is 6.23. The molecule has 0 bridgehead atoms. The SMILES string of the molecule is Nc1cc2cc(N)c(Nc3ccccc3)cc2cc1Nc1ccccc1. The number of para-hydroxylation sites is 2. The summed E-state index contributed by atoms with van der Waals surface area (Å²) in [6.45, 7) is 0. The normalized spacial score (nSPS) is 10.6. The zero-order chi connectivity index (χ0) is 17.9. The quantitative estimate of drug-likeness (QED) is 0.370. The maximum Gasteiger partial charge on any atom is 0.0624 e. The molecule has 4 nitrogen and oxygen atoms in total. The Labute approximate surface area is 152 Å². The molecule has 0 heterocycles. The summed E-state index contributed by atoms with van der Waals surface area (Å²) < 4.78 is 0. The smallest absolute Gasteiger partial charge is 0.0624 e. The number of hydrogen-bond donors (Lipinski definition) is 4. The summed E-state index contributed by atoms with van der Waals surface area (Å²) in [6, 6.07) is 28.0. The molecule has 0 aliphatic carbocycles. The molecule has 0 fully saturated rings. The van der Waals surface area contributed by atoms with Crippen LogP contribution in [0, 0.1) is 0 Å². The first-order valence-electron chi connectivity index (χ1n) is 8.46. The highest BCUT2D eigenvalue weighted by molar-refractivity contribution is 5.98. The lowest BCUT2D eigenvalue weighted by atomic mass is 10.1. The second-order valence-corrected chi connectivity index (χ2v) is 6.21. The highest BCUT2D eigenvalue weighted by Gasteiger charge is 2.07. The van der Waals surface area contributed by atoms with Gasteiger partial charge in [-0.1, -0.05) is 36.4 Å². The Morgan fingerprint density at radius 1 is 0.500 bits per heavy atom. The van der Waals surface area contributed by atoms with Gasteiger partial charge in [0.1, 0.15) is 0 Å². The van der Waals surface area contributed by atoms with E-state index in [2.05, 4.69) is 10.6 Å². The van der Waals surface area contributed by atoms with Crippen molar-refractivity contribution in [1.29, 1.82) is 0 Å². The van der Waals surface area contributed by atoms with Gasteiger partial charge < -0.3 is 22.1 Å². The van der Waals surface area contributed by atoms with E-state index >= 15 is 0 Å². The van der Waals surface area contributed by atoms with Gasteiger partial charge in [-0.15, -0.1) is 0 Å². The van der Waals surface area contributed by atoms with Crippen molar-refractivity contribution in [3.05, 3.63) is 84.9 Å². The topological polar surface area (TPSA) is 76.1 Å². The number of nitrogen functional groups attached to an aromatic ring is 2. The third kappa shape index (κ3) is 3.26. The standard InChI is InChI=1S/C22H20N4/c23-19-11-15-12-20(24)22(26-18-9-5-2-6-10-18)14-16(15)13-21(19)25-17-7-3-1-4-8-17/h1-14,25-26H,23-24H2. The number of nitrogens with two attached hydrogens (primary N) is 2. The van der Waals surface area contributed by atoms with Gasteiger partial charge >= 0.3 is 0 Å². The fourth-order valence-corrected chi connectivity index (χ4v) is 2.96. The Bertz CT molecular complexity index is 962. The molecule has 6 N–H and O–H groups in total. The third-order valence-electron chi connectivity index (χ3n) is 4.28. The maximum atomic E-state index is 6.23. The van der Waals surface area contributed by atoms with Crippen LogP contribution in [0.3, 0.4) is 0 Å². The molecule has 0 saturated heterocycles. The van der Waals surface area contributed by atoms with E-state index < -0.39 is 0 Å². The van der Waals surface area contributed by atoms with Gasteiger partial charge in [-0.25, -0.2) is 0 Å². The Morgan fingerprint density at radius 3 is 1.31 bits per heavy atom. The number of nitrogens with one attached hydrogen (secondary N) is 2. The van der Waals surface area contributed by atoms with Crippen LogP contribution in [0.5, 0.6) is 0 Å². The first-order valence-corrected chi connectivity index (χ1v) is 8.46. The molecule has 0 atom stereocenters. The number of fused-ring (bicyclic) bond motifs is 1. The molecule has 4 aromatic rings. The minimum atomic E-state index is 0.685. The van der Waals surface area contributed by atoms with Crippen LogP contribution in [0.2, 0.25) is 0 Å². The number of hydrogen-bond acceptors (Lipinski definition) is 4. The molecular formula is C22H20N4. The number of anilines is 6. The zero-order valence-corrected chi connectivity index (χ0v) is 14.2. The summed E-state index contributed by atoms with van der Waals surface area (Å²) in [6.07, 6.45) is 0. The molecule has 4 aromatic carbocycles. The van der Waals surface area contributed by atoms with E-state index in [1.165, 1.54) is 0 Å². The van der Waals surface area contributed by atoms with E-state index in [1.807, 2.05) is 84.9 Å². The highest BCUT2D eigenvalue weighted by atomic mass is 14.9. The van der Waals surface area contributed by atoms with E-state index in [4.69, 9.17) is 11.5 Å². The van der Waals surface area contributed by atoms with Gasteiger partial charge in [0.25, 0.3) is 0 Å². The monoisotopic (exact) mass is 340 g/mol. The van der Waals surface area contributed by atoms with Crippen LogP contribution in [-0.4, -0.2) is 0 Å². The zero-order valence-electron chi connectivity index (χ0n) is 14.2. The van der Waals surface area contributed by atoms with Gasteiger partial charge in [0, 0.05) is 11.4 Å². The van der Waals surface area contributed by atoms with Crippen molar-refractivity contribution in [2.45, 2.75) is 0 Å². The second kappa shape index (κ2) is 6.69. The van der Waals surface area contributed by atoms with Crippen LogP contribution < -0.4 is 22.1 Å². The minimum Gasteiger partial charge on any atom is -0.397 e. The first kappa shape index (κ1) is 15.8. The second-order valence-electron chi connectivity index (χ2n) is 6.21. The Morgan fingerprint density at radius 2 is 0.885 bits per heavy atom. The summed E-state index contributed by atoms with van der Waals surface area (Å²) in [5.74, 6) is 0. The molecule has 0 amide bonds. The Balaban J connectivity index is 1.72. The van der Waals surface area contributed by atoms with E-state index in [-0.39, 0.29) is 0 Å². The Kier molecular flexibility index (Phi) is 4.07. The molecule has 128 valence electrons. The van der Waals surface area contributed by atoms with Crippen LogP contribution in [0.1, 0.15) is 0 Å². The summed E-state index contributed by atoms with van der Waals surface area (Å²) >= 11 is 0. The van der Waals surface area contributed by atoms with E-state index in [0.29, 0.717) is 11.4 Å². The summed E-state index contributed by atoms with van der Waals surface area (Å²) in [4.78, 5) is 0. The summed E-state index contributed by atoms with van der Waals surface area (Å²) in [5.41, 5.74) is 17.6. The van der Waals surface area contributed by atoms with Crippen molar-refractivity contribution in [2.75, 3.05) is 22.1 Å². The van der Waals surface area contributed by atoms with Crippen LogP contribution in [-0.2, 0) is 0 Å². The minimum absolute atomic E-state index is 0.685. The van der Waals surface area contributed by atoms with Crippen molar-refractivity contribution < 1.29 is 0 Å². The lowest BCUT2D eigenvalue weighted by molar-refractivity contribution is 1.55. The van der Waals surface area contributed by atoms with Gasteiger partial charge in [-0.2, -0.15) is 0 Å². The molecule has 0 radical (unpaired) electrons. The van der Waals surface area contributed by atoms with Crippen molar-refractivity contribution in [1.82, 2.24) is 0 Å². The molecule has 4 rings (SSSR count). The molecule has 0 unspecified atom stereocenters. The highest BCUT2D eigenvalue weighted by Crippen LogP contribution is 2.34. The van der Waals surface area contributed by atoms with E-state index in [1.54, 1.807) is 0 Å². The largest absolute Gasteiger partial charge is 0.397 e. The number of rotatable bonds is 4.